The van der Waals surface area contributed by atoms with E-state index in [1.165, 1.54) is 18.3 Å². The van der Waals surface area contributed by atoms with Crippen LogP contribution in [0, 0.1) is 0 Å². The summed E-state index contributed by atoms with van der Waals surface area (Å²) in [5.74, 6) is -0.0951. The molecule has 1 heterocycles. The van der Waals surface area contributed by atoms with Gasteiger partial charge in [0.25, 0.3) is 5.91 Å². The average molecular weight is 407 g/mol. The molecule has 146 valence electrons. The smallest absolute Gasteiger partial charge is 0.416 e. The van der Waals surface area contributed by atoms with Crippen molar-refractivity contribution < 1.29 is 23.1 Å². The Hall–Kier alpha value is -3.07. The van der Waals surface area contributed by atoms with Gasteiger partial charge < -0.3 is 15.7 Å². The van der Waals surface area contributed by atoms with E-state index >= 15 is 0 Å². The van der Waals surface area contributed by atoms with Crippen LogP contribution in [0.25, 0.3) is 0 Å². The first-order valence-corrected chi connectivity index (χ1v) is 9.09. The van der Waals surface area contributed by atoms with E-state index in [-0.39, 0.29) is 11.7 Å². The third-order valence-electron chi connectivity index (χ3n) is 3.83. The summed E-state index contributed by atoms with van der Waals surface area (Å²) in [6.45, 7) is 0.420. The molecule has 0 aliphatic carbocycles. The zero-order chi connectivity index (χ0) is 20.1. The number of hydrogen-bond acceptors (Lipinski definition) is 5. The molecule has 0 saturated heterocycles. The van der Waals surface area contributed by atoms with Crippen LogP contribution in [-0.2, 0) is 12.6 Å². The van der Waals surface area contributed by atoms with Gasteiger partial charge in [-0.3, -0.25) is 4.79 Å². The number of carbonyl (C=O) groups excluding carboxylic acids is 1. The second-order valence-corrected chi connectivity index (χ2v) is 6.93. The topological polar surface area (TPSA) is 74.2 Å². The van der Waals surface area contributed by atoms with E-state index in [2.05, 4.69) is 15.6 Å². The number of anilines is 2. The first-order valence-electron chi connectivity index (χ1n) is 8.27. The summed E-state index contributed by atoms with van der Waals surface area (Å²) in [6.07, 6.45) is -2.36. The van der Waals surface area contributed by atoms with Crippen molar-refractivity contribution in [2.75, 3.05) is 11.9 Å². The van der Waals surface area contributed by atoms with E-state index in [4.69, 9.17) is 0 Å². The molecule has 5 nitrogen and oxygen atoms in total. The zero-order valence-corrected chi connectivity index (χ0v) is 15.3. The molecule has 0 aliphatic rings. The fourth-order valence-corrected chi connectivity index (χ4v) is 3.13. The lowest BCUT2D eigenvalue weighted by molar-refractivity contribution is -0.137. The molecule has 0 radical (unpaired) electrons. The normalized spacial score (nSPS) is 11.2. The molecule has 3 N–H and O–H groups in total. The number of amides is 1. The molecule has 0 aliphatic heterocycles. The quantitative estimate of drug-likeness (QED) is 0.559. The molecule has 28 heavy (non-hydrogen) atoms. The number of carbonyl (C=O) groups is 1. The summed E-state index contributed by atoms with van der Waals surface area (Å²) >= 11 is 1.10. The number of phenols is 1. The summed E-state index contributed by atoms with van der Waals surface area (Å²) in [6, 6.07) is 11.3. The number of phenolic OH excluding ortho intramolecular Hbond substituents is 1. The standard InChI is InChI=1S/C19H16F3N3O2S/c20-19(21,22)13-3-5-14(6-4-13)25-18-24-11-16(28-18)17(27)23-10-9-12-1-7-15(26)8-2-12/h1-8,11,26H,9-10H2,(H,23,27)(H,24,25). The molecule has 0 unspecified atom stereocenters. The van der Waals surface area contributed by atoms with Gasteiger partial charge in [-0.05, 0) is 48.4 Å². The number of benzene rings is 2. The molecule has 0 fully saturated rings. The first kappa shape index (κ1) is 19.7. The molecule has 0 spiro atoms. The van der Waals surface area contributed by atoms with Gasteiger partial charge in [0.2, 0.25) is 0 Å². The van der Waals surface area contributed by atoms with Gasteiger partial charge in [-0.15, -0.1) is 0 Å². The molecule has 3 rings (SSSR count). The van der Waals surface area contributed by atoms with Crippen LogP contribution in [0.1, 0.15) is 20.8 Å². The molecule has 2 aromatic carbocycles. The van der Waals surface area contributed by atoms with Crippen LogP contribution in [0.2, 0.25) is 0 Å². The van der Waals surface area contributed by atoms with Crippen molar-refractivity contribution in [3.8, 4) is 5.75 Å². The van der Waals surface area contributed by atoms with Crippen LogP contribution < -0.4 is 10.6 Å². The Morgan fingerprint density at radius 2 is 1.75 bits per heavy atom. The lowest BCUT2D eigenvalue weighted by atomic mass is 10.1. The predicted molar refractivity (Wildman–Crippen MR) is 101 cm³/mol. The van der Waals surface area contributed by atoms with Gasteiger partial charge in [0.1, 0.15) is 10.6 Å². The van der Waals surface area contributed by atoms with Crippen molar-refractivity contribution >= 4 is 28.1 Å². The Kier molecular flexibility index (Phi) is 5.84. The van der Waals surface area contributed by atoms with Gasteiger partial charge in [-0.2, -0.15) is 13.2 Å². The summed E-state index contributed by atoms with van der Waals surface area (Å²) in [4.78, 5) is 16.6. The van der Waals surface area contributed by atoms with Gasteiger partial charge in [-0.25, -0.2) is 4.98 Å². The van der Waals surface area contributed by atoms with Crippen molar-refractivity contribution in [2.24, 2.45) is 0 Å². The molecule has 3 aromatic rings. The first-order chi connectivity index (χ1) is 13.3. The number of thiazole rings is 1. The third kappa shape index (κ3) is 5.23. The highest BCUT2D eigenvalue weighted by atomic mass is 32.1. The van der Waals surface area contributed by atoms with Crippen LogP contribution in [0.3, 0.4) is 0 Å². The van der Waals surface area contributed by atoms with Crippen LogP contribution in [0.15, 0.2) is 54.7 Å². The maximum Gasteiger partial charge on any atom is 0.416 e. The van der Waals surface area contributed by atoms with Gasteiger partial charge in [0.15, 0.2) is 5.13 Å². The van der Waals surface area contributed by atoms with E-state index in [1.54, 1.807) is 24.3 Å². The second kappa shape index (κ2) is 8.30. The largest absolute Gasteiger partial charge is 0.508 e. The van der Waals surface area contributed by atoms with E-state index < -0.39 is 11.7 Å². The molecule has 0 atom stereocenters. The van der Waals surface area contributed by atoms with Crippen molar-refractivity contribution in [3.05, 3.63) is 70.7 Å². The van der Waals surface area contributed by atoms with E-state index in [0.29, 0.717) is 28.7 Å². The Morgan fingerprint density at radius 3 is 2.39 bits per heavy atom. The number of nitrogens with one attached hydrogen (secondary N) is 2. The number of rotatable bonds is 6. The van der Waals surface area contributed by atoms with Crippen LogP contribution in [0.5, 0.6) is 5.75 Å². The van der Waals surface area contributed by atoms with Crippen LogP contribution in [-0.4, -0.2) is 22.5 Å². The van der Waals surface area contributed by atoms with Gasteiger partial charge in [0, 0.05) is 12.2 Å². The Bertz CT molecular complexity index is 938. The SMILES string of the molecule is O=C(NCCc1ccc(O)cc1)c1cnc(Nc2ccc(C(F)(F)F)cc2)s1. The van der Waals surface area contributed by atoms with Crippen LogP contribution >= 0.6 is 11.3 Å². The van der Waals surface area contributed by atoms with E-state index in [9.17, 15) is 23.1 Å². The van der Waals surface area contributed by atoms with Gasteiger partial charge in [-0.1, -0.05) is 23.5 Å². The molecule has 0 saturated carbocycles. The van der Waals surface area contributed by atoms with Crippen molar-refractivity contribution in [2.45, 2.75) is 12.6 Å². The van der Waals surface area contributed by atoms with Gasteiger partial charge >= 0.3 is 6.18 Å². The van der Waals surface area contributed by atoms with E-state index in [0.717, 1.165) is 29.0 Å². The molecule has 9 heteroatoms. The maximum absolute atomic E-state index is 12.6. The fraction of sp³-hybridized carbons (Fsp3) is 0.158. The predicted octanol–water partition coefficient (Wildman–Crippen LogP) is 4.58. The minimum Gasteiger partial charge on any atom is -0.508 e. The fourth-order valence-electron chi connectivity index (χ4n) is 2.37. The number of aromatic nitrogens is 1. The minimum atomic E-state index is -4.38. The summed E-state index contributed by atoms with van der Waals surface area (Å²) < 4.78 is 37.7. The lowest BCUT2D eigenvalue weighted by Gasteiger charge is -2.07. The van der Waals surface area contributed by atoms with E-state index in [1.807, 2.05) is 0 Å². The Morgan fingerprint density at radius 1 is 1.07 bits per heavy atom. The van der Waals surface area contributed by atoms with Crippen molar-refractivity contribution in [1.29, 1.82) is 0 Å². The number of halogens is 3. The lowest BCUT2D eigenvalue weighted by Crippen LogP contribution is -2.24. The molecule has 1 aromatic heterocycles. The number of alkyl halides is 3. The number of hydrogen-bond donors (Lipinski definition) is 3. The van der Waals surface area contributed by atoms with Crippen molar-refractivity contribution in [3.63, 3.8) is 0 Å². The molecule has 0 bridgehead atoms. The summed E-state index contributed by atoms with van der Waals surface area (Å²) in [7, 11) is 0. The second-order valence-electron chi connectivity index (χ2n) is 5.90. The number of nitrogens with zero attached hydrogens (tertiary/aromatic N) is 1. The van der Waals surface area contributed by atoms with Gasteiger partial charge in [0.05, 0.1) is 11.8 Å². The van der Waals surface area contributed by atoms with Crippen molar-refractivity contribution in [1.82, 2.24) is 10.3 Å². The van der Waals surface area contributed by atoms with Crippen LogP contribution in [0.4, 0.5) is 24.0 Å². The number of aromatic hydroxyl groups is 1. The highest BCUT2D eigenvalue weighted by Gasteiger charge is 2.29. The summed E-state index contributed by atoms with van der Waals surface area (Å²) in [5.41, 5.74) is 0.694. The monoisotopic (exact) mass is 407 g/mol. The highest BCUT2D eigenvalue weighted by molar-refractivity contribution is 7.17. The molecule has 1 amide bonds. The third-order valence-corrected chi connectivity index (χ3v) is 4.74. The molecular weight excluding hydrogens is 391 g/mol. The average Bonchev–Trinajstić information content (AvgIpc) is 3.11. The summed E-state index contributed by atoms with van der Waals surface area (Å²) in [5, 5.41) is 15.3. The minimum absolute atomic E-state index is 0.186. The Labute approximate surface area is 162 Å². The Balaban J connectivity index is 1.53. The molecular formula is C19H16F3N3O2S. The zero-order valence-electron chi connectivity index (χ0n) is 14.5. The highest BCUT2D eigenvalue weighted by Crippen LogP contribution is 2.30. The maximum atomic E-state index is 12.6.